The first-order valence-electron chi connectivity index (χ1n) is 5.72. The normalized spacial score (nSPS) is 12.2. The molecule has 0 aliphatic carbocycles. The van der Waals surface area contributed by atoms with Crippen LogP contribution in [0.5, 0.6) is 0 Å². The number of benzene rings is 1. The summed E-state index contributed by atoms with van der Waals surface area (Å²) < 4.78 is 0. The van der Waals surface area contributed by atoms with Crippen molar-refractivity contribution in [3.05, 3.63) is 29.8 Å². The van der Waals surface area contributed by atoms with Gasteiger partial charge in [-0.25, -0.2) is 0 Å². The van der Waals surface area contributed by atoms with Crippen LogP contribution in [0.4, 0.5) is 0 Å². The minimum atomic E-state index is -0.384. The summed E-state index contributed by atoms with van der Waals surface area (Å²) in [7, 11) is 1.79. The van der Waals surface area contributed by atoms with Gasteiger partial charge in [-0.2, -0.15) is 0 Å². The molecule has 0 aromatic heterocycles. The number of carbonyl (C=O) groups is 1. The van der Waals surface area contributed by atoms with E-state index in [1.165, 1.54) is 4.90 Å². The van der Waals surface area contributed by atoms with Crippen molar-refractivity contribution in [2.45, 2.75) is 30.8 Å². The van der Waals surface area contributed by atoms with Crippen LogP contribution in [0, 0.1) is 0 Å². The van der Waals surface area contributed by atoms with E-state index in [-0.39, 0.29) is 11.9 Å². The van der Waals surface area contributed by atoms with Gasteiger partial charge < -0.3 is 10.6 Å². The number of nitrogens with two attached hydrogens (primary N) is 1. The van der Waals surface area contributed by atoms with Crippen LogP contribution in [0.1, 0.15) is 18.9 Å². The van der Waals surface area contributed by atoms with E-state index >= 15 is 0 Å². The number of rotatable bonds is 5. The standard InChI is InChI=1S/C13H20N2OS/c1-4-12(14)13(16)15(2)9-10-5-7-11(17-3)8-6-10/h5-8,12H,4,9,14H2,1-3H3. The van der Waals surface area contributed by atoms with Crippen molar-refractivity contribution in [3.63, 3.8) is 0 Å². The summed E-state index contributed by atoms with van der Waals surface area (Å²) in [5, 5.41) is 0. The van der Waals surface area contributed by atoms with E-state index in [1.807, 2.05) is 25.3 Å². The molecule has 17 heavy (non-hydrogen) atoms. The first-order valence-corrected chi connectivity index (χ1v) is 6.94. The van der Waals surface area contributed by atoms with Crippen molar-refractivity contribution in [2.24, 2.45) is 5.73 Å². The van der Waals surface area contributed by atoms with Crippen LogP contribution in [-0.2, 0) is 11.3 Å². The number of amides is 1. The van der Waals surface area contributed by atoms with E-state index in [0.29, 0.717) is 13.0 Å². The van der Waals surface area contributed by atoms with Crippen LogP contribution >= 0.6 is 11.8 Å². The fourth-order valence-electron chi connectivity index (χ4n) is 1.54. The third-order valence-corrected chi connectivity index (χ3v) is 3.46. The lowest BCUT2D eigenvalue weighted by Crippen LogP contribution is -2.40. The van der Waals surface area contributed by atoms with Crippen LogP contribution in [0.3, 0.4) is 0 Å². The van der Waals surface area contributed by atoms with Crippen molar-refractivity contribution < 1.29 is 4.79 Å². The van der Waals surface area contributed by atoms with Crippen molar-refractivity contribution >= 4 is 17.7 Å². The van der Waals surface area contributed by atoms with Crippen molar-refractivity contribution in [1.82, 2.24) is 4.90 Å². The van der Waals surface area contributed by atoms with E-state index in [1.54, 1.807) is 23.7 Å². The molecule has 0 heterocycles. The molecular weight excluding hydrogens is 232 g/mol. The largest absolute Gasteiger partial charge is 0.340 e. The molecule has 0 bridgehead atoms. The van der Waals surface area contributed by atoms with Crippen molar-refractivity contribution in [1.29, 1.82) is 0 Å². The molecule has 0 saturated heterocycles. The lowest BCUT2D eigenvalue weighted by Gasteiger charge is -2.20. The Kier molecular flexibility index (Phi) is 5.51. The fraction of sp³-hybridized carbons (Fsp3) is 0.462. The Labute approximate surface area is 107 Å². The predicted octanol–water partition coefficient (Wildman–Crippen LogP) is 2.10. The number of hydrogen-bond acceptors (Lipinski definition) is 3. The summed E-state index contributed by atoms with van der Waals surface area (Å²) in [4.78, 5) is 14.7. The maximum atomic E-state index is 11.8. The zero-order valence-electron chi connectivity index (χ0n) is 10.6. The van der Waals surface area contributed by atoms with E-state index in [2.05, 4.69) is 12.1 Å². The summed E-state index contributed by atoms with van der Waals surface area (Å²) in [6.07, 6.45) is 2.72. The number of thioether (sulfide) groups is 1. The number of nitrogens with zero attached hydrogens (tertiary/aromatic N) is 1. The van der Waals surface area contributed by atoms with Gasteiger partial charge in [-0.15, -0.1) is 11.8 Å². The topological polar surface area (TPSA) is 46.3 Å². The molecule has 1 aromatic rings. The summed E-state index contributed by atoms with van der Waals surface area (Å²) in [6.45, 7) is 2.53. The summed E-state index contributed by atoms with van der Waals surface area (Å²) in [6, 6.07) is 7.85. The first kappa shape index (κ1) is 14.1. The minimum Gasteiger partial charge on any atom is -0.340 e. The monoisotopic (exact) mass is 252 g/mol. The average molecular weight is 252 g/mol. The Morgan fingerprint density at radius 2 is 2.00 bits per heavy atom. The smallest absolute Gasteiger partial charge is 0.239 e. The van der Waals surface area contributed by atoms with Crippen LogP contribution in [0.2, 0.25) is 0 Å². The molecule has 3 nitrogen and oxygen atoms in total. The maximum absolute atomic E-state index is 11.8. The first-order chi connectivity index (χ1) is 8.08. The highest BCUT2D eigenvalue weighted by atomic mass is 32.2. The summed E-state index contributed by atoms with van der Waals surface area (Å²) >= 11 is 1.71. The third-order valence-electron chi connectivity index (χ3n) is 2.71. The summed E-state index contributed by atoms with van der Waals surface area (Å²) in [5.41, 5.74) is 6.85. The number of hydrogen-bond donors (Lipinski definition) is 1. The molecule has 0 saturated carbocycles. The molecule has 4 heteroatoms. The van der Waals surface area contributed by atoms with Gasteiger partial charge in [0.15, 0.2) is 0 Å². The lowest BCUT2D eigenvalue weighted by atomic mass is 10.2. The molecule has 1 unspecified atom stereocenters. The SMILES string of the molecule is CCC(N)C(=O)N(C)Cc1ccc(SC)cc1. The van der Waals surface area contributed by atoms with Gasteiger partial charge in [0, 0.05) is 18.5 Å². The van der Waals surface area contributed by atoms with E-state index in [9.17, 15) is 4.79 Å². The Bertz CT molecular complexity index is 364. The van der Waals surface area contributed by atoms with Crippen LogP contribution in [-0.4, -0.2) is 30.2 Å². The van der Waals surface area contributed by atoms with Gasteiger partial charge in [0.2, 0.25) is 5.91 Å². The highest BCUT2D eigenvalue weighted by molar-refractivity contribution is 7.98. The highest BCUT2D eigenvalue weighted by Gasteiger charge is 2.15. The Morgan fingerprint density at radius 1 is 1.41 bits per heavy atom. The molecule has 0 radical (unpaired) electrons. The molecule has 1 aromatic carbocycles. The fourth-order valence-corrected chi connectivity index (χ4v) is 1.95. The van der Waals surface area contributed by atoms with Gasteiger partial charge >= 0.3 is 0 Å². The van der Waals surface area contributed by atoms with Crippen molar-refractivity contribution in [2.75, 3.05) is 13.3 Å². The second-order valence-corrected chi connectivity index (χ2v) is 4.94. The molecule has 0 spiro atoms. The predicted molar refractivity (Wildman–Crippen MR) is 73.0 cm³/mol. The van der Waals surface area contributed by atoms with Crippen LogP contribution in [0.25, 0.3) is 0 Å². The summed E-state index contributed by atoms with van der Waals surface area (Å²) in [5.74, 6) is 0.00134. The van der Waals surface area contributed by atoms with Crippen LogP contribution in [0.15, 0.2) is 29.2 Å². The Morgan fingerprint density at radius 3 is 2.47 bits per heavy atom. The van der Waals surface area contributed by atoms with Gasteiger partial charge in [-0.3, -0.25) is 4.79 Å². The molecule has 0 fully saturated rings. The van der Waals surface area contributed by atoms with Gasteiger partial charge in [0.05, 0.1) is 6.04 Å². The molecule has 0 aliphatic heterocycles. The zero-order valence-corrected chi connectivity index (χ0v) is 11.5. The van der Waals surface area contributed by atoms with Crippen LogP contribution < -0.4 is 5.73 Å². The maximum Gasteiger partial charge on any atom is 0.239 e. The quantitative estimate of drug-likeness (QED) is 0.816. The van der Waals surface area contributed by atoms with E-state index in [4.69, 9.17) is 5.73 Å². The second kappa shape index (κ2) is 6.67. The van der Waals surface area contributed by atoms with Gasteiger partial charge in [-0.1, -0.05) is 19.1 Å². The Hall–Kier alpha value is -1.00. The lowest BCUT2D eigenvalue weighted by molar-refractivity contribution is -0.131. The highest BCUT2D eigenvalue weighted by Crippen LogP contribution is 2.15. The van der Waals surface area contributed by atoms with E-state index in [0.717, 1.165) is 5.56 Å². The molecule has 0 aliphatic rings. The van der Waals surface area contributed by atoms with Gasteiger partial charge in [0.25, 0.3) is 0 Å². The second-order valence-electron chi connectivity index (χ2n) is 4.06. The molecule has 1 rings (SSSR count). The van der Waals surface area contributed by atoms with E-state index < -0.39 is 0 Å². The van der Waals surface area contributed by atoms with Gasteiger partial charge in [0.1, 0.15) is 0 Å². The molecule has 94 valence electrons. The molecule has 2 N–H and O–H groups in total. The zero-order chi connectivity index (χ0) is 12.8. The van der Waals surface area contributed by atoms with Gasteiger partial charge in [-0.05, 0) is 30.4 Å². The third kappa shape index (κ3) is 4.06. The minimum absolute atomic E-state index is 0.00134. The number of carbonyl (C=O) groups excluding carboxylic acids is 1. The average Bonchev–Trinajstić information content (AvgIpc) is 2.37. The molecule has 1 amide bonds. The Balaban J connectivity index is 2.61. The molecule has 1 atom stereocenters. The van der Waals surface area contributed by atoms with Crippen molar-refractivity contribution in [3.8, 4) is 0 Å². The molecular formula is C13H20N2OS. The number of likely N-dealkylation sites (N-methyl/N-ethyl adjacent to an activating group) is 1.